The molecule has 0 radical (unpaired) electrons. The summed E-state index contributed by atoms with van der Waals surface area (Å²) >= 11 is 5.73. The van der Waals surface area contributed by atoms with E-state index >= 15 is 0 Å². The fourth-order valence-electron chi connectivity index (χ4n) is 1.53. The predicted molar refractivity (Wildman–Crippen MR) is 50.7 cm³/mol. The molecular formula is C9H6ClF3N2. The third-order valence-corrected chi connectivity index (χ3v) is 2.43. The van der Waals surface area contributed by atoms with Gasteiger partial charge in [-0.05, 0) is 6.07 Å². The summed E-state index contributed by atoms with van der Waals surface area (Å²) in [5.41, 5.74) is -0.393. The molecule has 0 saturated heterocycles. The van der Waals surface area contributed by atoms with Gasteiger partial charge in [-0.3, -0.25) is 0 Å². The molecule has 2 aromatic heterocycles. The number of aryl methyl sites for hydroxylation is 1. The Labute approximate surface area is 88.3 Å². The average Bonchev–Trinajstić information content (AvgIpc) is 2.44. The molecule has 0 atom stereocenters. The molecule has 6 heteroatoms. The number of hydrogen-bond acceptors (Lipinski definition) is 1. The Bertz CT molecular complexity index is 516. The lowest BCUT2D eigenvalue weighted by molar-refractivity contribution is -0.136. The Morgan fingerprint density at radius 1 is 1.40 bits per heavy atom. The smallest absolute Gasteiger partial charge is 0.347 e. The van der Waals surface area contributed by atoms with Crippen molar-refractivity contribution in [2.75, 3.05) is 0 Å². The first-order valence-electron chi connectivity index (χ1n) is 4.08. The molecule has 0 bridgehead atoms. The molecule has 0 aliphatic carbocycles. The van der Waals surface area contributed by atoms with Crippen LogP contribution in [0.3, 0.4) is 0 Å². The molecule has 0 unspecified atom stereocenters. The van der Waals surface area contributed by atoms with E-state index in [-0.39, 0.29) is 10.5 Å². The first-order chi connectivity index (χ1) is 6.91. The minimum absolute atomic E-state index is 0.0741. The lowest BCUT2D eigenvalue weighted by Gasteiger charge is -2.03. The van der Waals surface area contributed by atoms with Gasteiger partial charge in [0.25, 0.3) is 0 Å². The molecule has 0 spiro atoms. The van der Waals surface area contributed by atoms with Gasteiger partial charge in [-0.25, -0.2) is 4.98 Å². The van der Waals surface area contributed by atoms with E-state index in [0.717, 1.165) is 6.20 Å². The number of fused-ring (bicyclic) bond motifs is 1. The summed E-state index contributed by atoms with van der Waals surface area (Å²) in [6.07, 6.45) is -2.09. The highest BCUT2D eigenvalue weighted by molar-refractivity contribution is 6.33. The lowest BCUT2D eigenvalue weighted by Crippen LogP contribution is -2.03. The van der Waals surface area contributed by atoms with E-state index in [1.54, 1.807) is 0 Å². The molecule has 0 saturated carbocycles. The quantitative estimate of drug-likeness (QED) is 0.640. The van der Waals surface area contributed by atoms with E-state index in [2.05, 4.69) is 4.98 Å². The molecule has 0 aliphatic heterocycles. The summed E-state index contributed by atoms with van der Waals surface area (Å²) in [5, 5.41) is 0.149. The van der Waals surface area contributed by atoms with Crippen LogP contribution in [-0.4, -0.2) is 9.55 Å². The van der Waals surface area contributed by atoms with Gasteiger partial charge in [0.05, 0.1) is 11.1 Å². The van der Waals surface area contributed by atoms with Crippen LogP contribution in [0.5, 0.6) is 0 Å². The molecule has 0 aromatic carbocycles. The maximum atomic E-state index is 12.6. The molecular weight excluding hydrogens is 229 g/mol. The zero-order valence-corrected chi connectivity index (χ0v) is 8.39. The SMILES string of the molecule is Cn1cc(C(F)(F)F)c2ccnc(Cl)c21. The van der Waals surface area contributed by atoms with Gasteiger partial charge in [0.2, 0.25) is 0 Å². The fourth-order valence-corrected chi connectivity index (χ4v) is 1.83. The van der Waals surface area contributed by atoms with Crippen molar-refractivity contribution in [2.24, 2.45) is 7.05 Å². The lowest BCUT2D eigenvalue weighted by atomic mass is 10.2. The van der Waals surface area contributed by atoms with Crippen molar-refractivity contribution in [1.82, 2.24) is 9.55 Å². The van der Waals surface area contributed by atoms with Gasteiger partial charge < -0.3 is 4.57 Å². The standard InChI is InChI=1S/C9H6ClF3N2/c1-15-4-6(9(11,12)13)5-2-3-14-8(10)7(5)15/h2-4H,1H3. The van der Waals surface area contributed by atoms with Crippen molar-refractivity contribution in [3.8, 4) is 0 Å². The van der Waals surface area contributed by atoms with Crippen LogP contribution in [0.15, 0.2) is 18.5 Å². The topological polar surface area (TPSA) is 17.8 Å². The van der Waals surface area contributed by atoms with E-state index in [9.17, 15) is 13.2 Å². The number of halogens is 4. The molecule has 0 amide bonds. The Morgan fingerprint density at radius 3 is 2.67 bits per heavy atom. The van der Waals surface area contributed by atoms with E-state index < -0.39 is 11.7 Å². The second-order valence-electron chi connectivity index (χ2n) is 3.15. The van der Waals surface area contributed by atoms with Gasteiger partial charge in [-0.2, -0.15) is 13.2 Å². The molecule has 15 heavy (non-hydrogen) atoms. The number of alkyl halides is 3. The van der Waals surface area contributed by atoms with E-state index in [1.807, 2.05) is 0 Å². The Morgan fingerprint density at radius 2 is 2.07 bits per heavy atom. The minimum Gasteiger partial charge on any atom is -0.347 e. The summed E-state index contributed by atoms with van der Waals surface area (Å²) in [4.78, 5) is 3.74. The van der Waals surface area contributed by atoms with Crippen LogP contribution in [0.2, 0.25) is 5.15 Å². The van der Waals surface area contributed by atoms with Gasteiger partial charge in [-0.1, -0.05) is 11.6 Å². The van der Waals surface area contributed by atoms with Crippen molar-refractivity contribution < 1.29 is 13.2 Å². The molecule has 2 heterocycles. The molecule has 0 fully saturated rings. The third kappa shape index (κ3) is 1.56. The Kier molecular flexibility index (Phi) is 2.15. The van der Waals surface area contributed by atoms with Crippen molar-refractivity contribution in [3.05, 3.63) is 29.2 Å². The number of nitrogens with zero attached hydrogens (tertiary/aromatic N) is 2. The highest BCUT2D eigenvalue weighted by atomic mass is 35.5. The summed E-state index contributed by atoms with van der Waals surface area (Å²) < 4.78 is 39.1. The van der Waals surface area contributed by atoms with Gasteiger partial charge in [0.1, 0.15) is 0 Å². The highest BCUT2D eigenvalue weighted by Gasteiger charge is 2.34. The molecule has 0 N–H and O–H groups in total. The molecule has 80 valence electrons. The van der Waals surface area contributed by atoms with Crippen molar-refractivity contribution in [3.63, 3.8) is 0 Å². The Balaban J connectivity index is 2.85. The number of aromatic nitrogens is 2. The second-order valence-corrected chi connectivity index (χ2v) is 3.51. The van der Waals surface area contributed by atoms with Crippen molar-refractivity contribution in [2.45, 2.75) is 6.18 Å². The minimum atomic E-state index is -4.37. The van der Waals surface area contributed by atoms with Crippen LogP contribution in [-0.2, 0) is 13.2 Å². The van der Waals surface area contributed by atoms with Crippen molar-refractivity contribution in [1.29, 1.82) is 0 Å². The summed E-state index contributed by atoms with van der Waals surface area (Å²) in [7, 11) is 1.51. The number of hydrogen-bond donors (Lipinski definition) is 0. The summed E-state index contributed by atoms with van der Waals surface area (Å²) in [6.45, 7) is 0. The largest absolute Gasteiger partial charge is 0.418 e. The molecule has 2 aromatic rings. The monoisotopic (exact) mass is 234 g/mol. The number of rotatable bonds is 0. The van der Waals surface area contributed by atoms with Gasteiger partial charge in [0, 0.05) is 24.8 Å². The van der Waals surface area contributed by atoms with Gasteiger partial charge in [0.15, 0.2) is 5.15 Å². The number of pyridine rings is 1. The van der Waals surface area contributed by atoms with Crippen molar-refractivity contribution >= 4 is 22.5 Å². The Hall–Kier alpha value is -1.23. The van der Waals surface area contributed by atoms with E-state index in [4.69, 9.17) is 11.6 Å². The average molecular weight is 235 g/mol. The second kappa shape index (κ2) is 3.13. The highest BCUT2D eigenvalue weighted by Crippen LogP contribution is 2.37. The maximum absolute atomic E-state index is 12.6. The van der Waals surface area contributed by atoms with Crippen LogP contribution in [0, 0.1) is 0 Å². The molecule has 0 aliphatic rings. The zero-order valence-electron chi connectivity index (χ0n) is 7.64. The summed E-state index contributed by atoms with van der Waals surface area (Å²) in [5.74, 6) is 0. The molecule has 2 nitrogen and oxygen atoms in total. The van der Waals surface area contributed by atoms with Gasteiger partial charge in [-0.15, -0.1) is 0 Å². The third-order valence-electron chi connectivity index (χ3n) is 2.15. The maximum Gasteiger partial charge on any atom is 0.418 e. The van der Waals surface area contributed by atoms with E-state index in [1.165, 1.54) is 23.9 Å². The molecule has 2 rings (SSSR count). The van der Waals surface area contributed by atoms with Crippen LogP contribution < -0.4 is 0 Å². The zero-order chi connectivity index (χ0) is 11.2. The first-order valence-corrected chi connectivity index (χ1v) is 4.46. The van der Waals surface area contributed by atoms with E-state index in [0.29, 0.717) is 5.52 Å². The van der Waals surface area contributed by atoms with Gasteiger partial charge >= 0.3 is 6.18 Å². The normalized spacial score (nSPS) is 12.3. The van der Waals surface area contributed by atoms with Crippen LogP contribution in [0.1, 0.15) is 5.56 Å². The predicted octanol–water partition coefficient (Wildman–Crippen LogP) is 3.25. The fraction of sp³-hybridized carbons (Fsp3) is 0.222. The van der Waals surface area contributed by atoms with Crippen LogP contribution >= 0.6 is 11.6 Å². The summed E-state index contributed by atoms with van der Waals surface area (Å²) in [6, 6.07) is 1.31. The first kappa shape index (κ1) is 10.3. The van der Waals surface area contributed by atoms with Crippen LogP contribution in [0.4, 0.5) is 13.2 Å². The van der Waals surface area contributed by atoms with Crippen LogP contribution in [0.25, 0.3) is 10.9 Å².